The topological polar surface area (TPSA) is 26.0 Å². The summed E-state index contributed by atoms with van der Waals surface area (Å²) in [6, 6.07) is 0. The molecule has 1 aliphatic carbocycles. The first-order valence-electron chi connectivity index (χ1n) is 8.07. The summed E-state index contributed by atoms with van der Waals surface area (Å²) in [4.78, 5) is 0. The van der Waals surface area contributed by atoms with E-state index in [2.05, 4.69) is 79.9 Å². The van der Waals surface area contributed by atoms with Gasteiger partial charge < -0.3 is 5.73 Å². The van der Waals surface area contributed by atoms with E-state index in [1.807, 2.05) is 6.08 Å². The first kappa shape index (κ1) is 18.7. The Labute approximate surface area is 137 Å². The van der Waals surface area contributed by atoms with E-state index in [9.17, 15) is 0 Å². The van der Waals surface area contributed by atoms with E-state index in [1.54, 1.807) is 6.08 Å². The second kappa shape index (κ2) is 6.04. The van der Waals surface area contributed by atoms with Crippen LogP contribution in [0.5, 0.6) is 0 Å². The van der Waals surface area contributed by atoms with Crippen LogP contribution in [0.3, 0.4) is 0 Å². The van der Waals surface area contributed by atoms with Gasteiger partial charge in [-0.25, -0.2) is 0 Å². The molecule has 0 fully saturated rings. The highest BCUT2D eigenvalue weighted by Crippen LogP contribution is 2.52. The van der Waals surface area contributed by atoms with E-state index < -0.39 is 0 Å². The SMILES string of the molecule is C=C/C=C(\C)C(=C)/C=C(\[C@H](C)C(C)(C)C)C1(C)C=CC1(C)N. The Kier molecular flexibility index (Phi) is 5.14. The molecule has 122 valence electrons. The van der Waals surface area contributed by atoms with Crippen LogP contribution in [0, 0.1) is 16.7 Å². The molecule has 1 rings (SSSR count). The second-order valence-corrected chi connectivity index (χ2v) is 8.12. The van der Waals surface area contributed by atoms with Gasteiger partial charge in [-0.1, -0.05) is 83.7 Å². The molecule has 0 aromatic carbocycles. The first-order valence-corrected chi connectivity index (χ1v) is 8.07. The average molecular weight is 300 g/mol. The third-order valence-corrected chi connectivity index (χ3v) is 5.45. The zero-order chi connectivity index (χ0) is 17.3. The predicted octanol–water partition coefficient (Wildman–Crippen LogP) is 5.58. The van der Waals surface area contributed by atoms with Gasteiger partial charge in [0.1, 0.15) is 0 Å². The zero-order valence-corrected chi connectivity index (χ0v) is 15.5. The maximum atomic E-state index is 6.50. The van der Waals surface area contributed by atoms with Crippen LogP contribution in [0.4, 0.5) is 0 Å². The molecule has 1 nitrogen and oxygen atoms in total. The van der Waals surface area contributed by atoms with Gasteiger partial charge in [-0.3, -0.25) is 0 Å². The van der Waals surface area contributed by atoms with Crippen molar-refractivity contribution in [3.8, 4) is 0 Å². The molecule has 0 aromatic rings. The fourth-order valence-corrected chi connectivity index (χ4v) is 2.78. The smallest absolute Gasteiger partial charge is 0.0438 e. The normalized spacial score (nSPS) is 30.7. The van der Waals surface area contributed by atoms with E-state index >= 15 is 0 Å². The van der Waals surface area contributed by atoms with Crippen molar-refractivity contribution in [1.29, 1.82) is 0 Å². The molecular formula is C21H33N. The molecule has 1 heteroatoms. The monoisotopic (exact) mass is 299 g/mol. The van der Waals surface area contributed by atoms with Crippen LogP contribution in [0.15, 0.2) is 60.3 Å². The highest BCUT2D eigenvalue weighted by atomic mass is 14.8. The highest BCUT2D eigenvalue weighted by molar-refractivity contribution is 5.48. The third kappa shape index (κ3) is 3.35. The molecule has 2 N–H and O–H groups in total. The van der Waals surface area contributed by atoms with E-state index in [-0.39, 0.29) is 16.4 Å². The molecule has 0 aliphatic heterocycles. The maximum Gasteiger partial charge on any atom is 0.0438 e. The summed E-state index contributed by atoms with van der Waals surface area (Å²) in [5.41, 5.74) is 9.76. The fourth-order valence-electron chi connectivity index (χ4n) is 2.78. The summed E-state index contributed by atoms with van der Waals surface area (Å²) in [6.07, 6.45) is 10.4. The minimum Gasteiger partial charge on any atom is -0.321 e. The quantitative estimate of drug-likeness (QED) is 0.520. The summed E-state index contributed by atoms with van der Waals surface area (Å²) in [5, 5.41) is 0. The van der Waals surface area contributed by atoms with Crippen LogP contribution in [-0.4, -0.2) is 5.54 Å². The minimum atomic E-state index is -0.311. The van der Waals surface area contributed by atoms with Crippen molar-refractivity contribution in [3.63, 3.8) is 0 Å². The maximum absolute atomic E-state index is 6.50. The molecule has 0 amide bonds. The van der Waals surface area contributed by atoms with E-state index in [1.165, 1.54) is 5.57 Å². The number of rotatable bonds is 5. The second-order valence-electron chi connectivity index (χ2n) is 8.12. The Morgan fingerprint density at radius 1 is 1.23 bits per heavy atom. The Morgan fingerprint density at radius 3 is 2.09 bits per heavy atom. The van der Waals surface area contributed by atoms with E-state index in [4.69, 9.17) is 5.73 Å². The van der Waals surface area contributed by atoms with Crippen LogP contribution in [0.25, 0.3) is 0 Å². The van der Waals surface area contributed by atoms with Gasteiger partial charge >= 0.3 is 0 Å². The van der Waals surface area contributed by atoms with Crippen molar-refractivity contribution in [3.05, 3.63) is 60.3 Å². The lowest BCUT2D eigenvalue weighted by Crippen LogP contribution is -2.57. The van der Waals surface area contributed by atoms with Gasteiger partial charge in [-0.15, -0.1) is 0 Å². The summed E-state index contributed by atoms with van der Waals surface area (Å²) in [5.74, 6) is 0.401. The Morgan fingerprint density at radius 2 is 1.77 bits per heavy atom. The molecule has 0 radical (unpaired) electrons. The summed E-state index contributed by atoms with van der Waals surface area (Å²) < 4.78 is 0. The van der Waals surface area contributed by atoms with Gasteiger partial charge in [0.15, 0.2) is 0 Å². The van der Waals surface area contributed by atoms with Crippen LogP contribution >= 0.6 is 0 Å². The average Bonchev–Trinajstić information content (AvgIpc) is 2.40. The van der Waals surface area contributed by atoms with Crippen molar-refractivity contribution >= 4 is 0 Å². The van der Waals surface area contributed by atoms with Crippen molar-refractivity contribution < 1.29 is 0 Å². The van der Waals surface area contributed by atoms with Crippen LogP contribution < -0.4 is 5.73 Å². The molecule has 0 saturated heterocycles. The standard InChI is InChI=1S/C21H33N/c1-10-11-15(2)16(3)14-18(17(4)19(5,6)7)20(8)12-13-21(20,9)22/h10-14,17H,1,3,22H2,2,4-9H3/b15-11+,18-14+/t17-,20?,21?/m0/s1. The van der Waals surface area contributed by atoms with E-state index in [0.717, 1.165) is 11.1 Å². The van der Waals surface area contributed by atoms with Crippen LogP contribution in [0.2, 0.25) is 0 Å². The molecule has 1 aliphatic rings. The number of allylic oxidation sites excluding steroid dienone is 5. The molecule has 0 bridgehead atoms. The fraction of sp³-hybridized carbons (Fsp3) is 0.524. The Balaban J connectivity index is 3.38. The van der Waals surface area contributed by atoms with Crippen LogP contribution in [0.1, 0.15) is 48.5 Å². The molecule has 0 heterocycles. The predicted molar refractivity (Wildman–Crippen MR) is 99.6 cm³/mol. The zero-order valence-electron chi connectivity index (χ0n) is 15.5. The molecule has 0 aromatic heterocycles. The summed E-state index contributed by atoms with van der Waals surface area (Å²) in [6.45, 7) is 23.5. The number of hydrogen-bond acceptors (Lipinski definition) is 1. The van der Waals surface area contributed by atoms with Crippen molar-refractivity contribution in [2.24, 2.45) is 22.5 Å². The van der Waals surface area contributed by atoms with Gasteiger partial charge in [-0.2, -0.15) is 0 Å². The van der Waals surface area contributed by atoms with Crippen molar-refractivity contribution in [2.45, 2.75) is 54.0 Å². The Hall–Kier alpha value is -1.34. The van der Waals surface area contributed by atoms with Crippen molar-refractivity contribution in [1.82, 2.24) is 0 Å². The summed E-state index contributed by atoms with van der Waals surface area (Å²) >= 11 is 0. The van der Waals surface area contributed by atoms with Gasteiger partial charge in [0.2, 0.25) is 0 Å². The van der Waals surface area contributed by atoms with Crippen LogP contribution in [-0.2, 0) is 0 Å². The van der Waals surface area contributed by atoms with Gasteiger partial charge in [-0.05, 0) is 36.3 Å². The molecule has 22 heavy (non-hydrogen) atoms. The lowest BCUT2D eigenvalue weighted by atomic mass is 9.55. The Bertz CT molecular complexity index is 549. The highest BCUT2D eigenvalue weighted by Gasteiger charge is 2.49. The van der Waals surface area contributed by atoms with E-state index in [0.29, 0.717) is 5.92 Å². The molecule has 3 atom stereocenters. The number of hydrogen-bond donors (Lipinski definition) is 1. The number of nitrogens with two attached hydrogens (primary N) is 1. The van der Waals surface area contributed by atoms with Gasteiger partial charge in [0.25, 0.3) is 0 Å². The van der Waals surface area contributed by atoms with Crippen molar-refractivity contribution in [2.75, 3.05) is 0 Å². The van der Waals surface area contributed by atoms with Gasteiger partial charge in [0, 0.05) is 11.0 Å². The third-order valence-electron chi connectivity index (χ3n) is 5.45. The minimum absolute atomic E-state index is 0.128. The van der Waals surface area contributed by atoms with Gasteiger partial charge in [0.05, 0.1) is 0 Å². The lowest BCUT2D eigenvalue weighted by Gasteiger charge is -2.52. The molecule has 0 saturated carbocycles. The lowest BCUT2D eigenvalue weighted by molar-refractivity contribution is 0.209. The largest absolute Gasteiger partial charge is 0.321 e. The summed E-state index contributed by atoms with van der Waals surface area (Å²) in [7, 11) is 0. The molecular weight excluding hydrogens is 266 g/mol. The molecule has 0 spiro atoms. The molecule has 2 unspecified atom stereocenters. The first-order chi connectivity index (χ1) is 9.87.